The molecule has 5 heteroatoms. The third-order valence-electron chi connectivity index (χ3n) is 2.01. The lowest BCUT2D eigenvalue weighted by Crippen LogP contribution is -2.26. The van der Waals surface area contributed by atoms with Crippen LogP contribution in [-0.4, -0.2) is 16.8 Å². The van der Waals surface area contributed by atoms with Crippen molar-refractivity contribution in [2.45, 2.75) is 18.7 Å². The lowest BCUT2D eigenvalue weighted by Gasteiger charge is -2.18. The van der Waals surface area contributed by atoms with Gasteiger partial charge in [0, 0.05) is 20.7 Å². The Morgan fingerprint density at radius 1 is 1.31 bits per heavy atom. The van der Waals surface area contributed by atoms with Crippen LogP contribution in [0.4, 0.5) is 0 Å². The third kappa shape index (κ3) is 3.89. The summed E-state index contributed by atoms with van der Waals surface area (Å²) in [6.07, 6.45) is 0. The van der Waals surface area contributed by atoms with Gasteiger partial charge in [-0.1, -0.05) is 23.2 Å². The summed E-state index contributed by atoms with van der Waals surface area (Å²) in [6.45, 7) is 3.38. The molecular weight excluding hydrogens is 267 g/mol. The van der Waals surface area contributed by atoms with Crippen molar-refractivity contribution in [2.75, 3.05) is 5.75 Å². The molecule has 1 aromatic carbocycles. The summed E-state index contributed by atoms with van der Waals surface area (Å²) in [5.41, 5.74) is -0.764. The molecule has 0 aromatic heterocycles. The second kappa shape index (κ2) is 5.30. The lowest BCUT2D eigenvalue weighted by atomic mass is 9.97. The molecule has 0 bridgehead atoms. The Morgan fingerprint density at radius 3 is 2.25 bits per heavy atom. The molecule has 0 saturated carbocycles. The summed E-state index contributed by atoms with van der Waals surface area (Å²) >= 11 is 13.1. The van der Waals surface area contributed by atoms with E-state index in [0.717, 1.165) is 4.90 Å². The first-order valence-electron chi connectivity index (χ1n) is 4.63. The van der Waals surface area contributed by atoms with E-state index in [1.54, 1.807) is 32.0 Å². The topological polar surface area (TPSA) is 37.3 Å². The minimum atomic E-state index is -0.812. The van der Waals surface area contributed by atoms with E-state index in [1.807, 2.05) is 0 Å². The predicted molar refractivity (Wildman–Crippen MR) is 68.6 cm³/mol. The van der Waals surface area contributed by atoms with Gasteiger partial charge in [0.15, 0.2) is 0 Å². The normalized spacial score (nSPS) is 11.5. The average molecular weight is 279 g/mol. The minimum Gasteiger partial charge on any atom is -0.481 e. The van der Waals surface area contributed by atoms with Crippen molar-refractivity contribution in [2.24, 2.45) is 5.41 Å². The molecule has 0 amide bonds. The number of hydrogen-bond acceptors (Lipinski definition) is 2. The van der Waals surface area contributed by atoms with Gasteiger partial charge in [0.2, 0.25) is 0 Å². The SMILES string of the molecule is CC(C)(CSc1cc(Cl)cc(Cl)c1)C(=O)O. The van der Waals surface area contributed by atoms with E-state index in [4.69, 9.17) is 28.3 Å². The van der Waals surface area contributed by atoms with Crippen molar-refractivity contribution >= 4 is 40.9 Å². The van der Waals surface area contributed by atoms with Crippen molar-refractivity contribution < 1.29 is 9.90 Å². The average Bonchev–Trinajstić information content (AvgIpc) is 2.13. The number of carbonyl (C=O) groups is 1. The first-order valence-corrected chi connectivity index (χ1v) is 6.38. The van der Waals surface area contributed by atoms with Crippen LogP contribution in [0, 0.1) is 5.41 Å². The number of benzene rings is 1. The summed E-state index contributed by atoms with van der Waals surface area (Å²) in [7, 11) is 0. The smallest absolute Gasteiger partial charge is 0.309 e. The number of carboxylic acids is 1. The summed E-state index contributed by atoms with van der Waals surface area (Å²) < 4.78 is 0. The van der Waals surface area contributed by atoms with Crippen LogP contribution < -0.4 is 0 Å². The fourth-order valence-electron chi connectivity index (χ4n) is 0.937. The Bertz CT molecular complexity index is 385. The fourth-order valence-corrected chi connectivity index (χ4v) is 2.66. The maximum absolute atomic E-state index is 10.9. The Labute approximate surface area is 109 Å². The van der Waals surface area contributed by atoms with Gasteiger partial charge in [-0.15, -0.1) is 11.8 Å². The third-order valence-corrected chi connectivity index (χ3v) is 3.89. The molecule has 1 N–H and O–H groups in total. The number of hydrogen-bond donors (Lipinski definition) is 1. The first-order chi connectivity index (χ1) is 7.31. The molecule has 2 nitrogen and oxygen atoms in total. The van der Waals surface area contributed by atoms with Crippen LogP contribution in [0.3, 0.4) is 0 Å². The van der Waals surface area contributed by atoms with Gasteiger partial charge in [-0.2, -0.15) is 0 Å². The van der Waals surface area contributed by atoms with Crippen molar-refractivity contribution in [1.82, 2.24) is 0 Å². The van der Waals surface area contributed by atoms with E-state index in [-0.39, 0.29) is 0 Å². The molecule has 0 spiro atoms. The lowest BCUT2D eigenvalue weighted by molar-refractivity contribution is -0.145. The van der Waals surface area contributed by atoms with E-state index in [2.05, 4.69) is 0 Å². The van der Waals surface area contributed by atoms with Crippen LogP contribution in [0.15, 0.2) is 23.1 Å². The van der Waals surface area contributed by atoms with Gasteiger partial charge in [-0.05, 0) is 32.0 Å². The van der Waals surface area contributed by atoms with Crippen LogP contribution in [0.1, 0.15) is 13.8 Å². The molecule has 0 fully saturated rings. The zero-order chi connectivity index (χ0) is 12.3. The maximum atomic E-state index is 10.9. The summed E-state index contributed by atoms with van der Waals surface area (Å²) in [6, 6.07) is 5.20. The van der Waals surface area contributed by atoms with E-state index in [0.29, 0.717) is 15.8 Å². The van der Waals surface area contributed by atoms with Crippen molar-refractivity contribution in [3.05, 3.63) is 28.2 Å². The Morgan fingerprint density at radius 2 is 1.81 bits per heavy atom. The highest BCUT2D eigenvalue weighted by molar-refractivity contribution is 7.99. The molecule has 0 heterocycles. The molecule has 0 aliphatic carbocycles. The molecule has 0 aliphatic heterocycles. The van der Waals surface area contributed by atoms with Crippen molar-refractivity contribution in [1.29, 1.82) is 0 Å². The maximum Gasteiger partial charge on any atom is 0.309 e. The van der Waals surface area contributed by atoms with Gasteiger partial charge in [0.1, 0.15) is 0 Å². The predicted octanol–water partition coefficient (Wildman–Crippen LogP) is 4.20. The van der Waals surface area contributed by atoms with Crippen LogP contribution in [0.5, 0.6) is 0 Å². The fraction of sp³-hybridized carbons (Fsp3) is 0.364. The van der Waals surface area contributed by atoms with Gasteiger partial charge in [-0.3, -0.25) is 4.79 Å². The zero-order valence-electron chi connectivity index (χ0n) is 8.96. The largest absolute Gasteiger partial charge is 0.481 e. The second-order valence-electron chi connectivity index (χ2n) is 4.08. The second-order valence-corrected chi connectivity index (χ2v) is 6.00. The highest BCUT2D eigenvalue weighted by atomic mass is 35.5. The van der Waals surface area contributed by atoms with Gasteiger partial charge in [0.25, 0.3) is 0 Å². The molecule has 0 unspecified atom stereocenters. The van der Waals surface area contributed by atoms with Crippen molar-refractivity contribution in [3.63, 3.8) is 0 Å². The Balaban J connectivity index is 2.71. The Hall–Kier alpha value is -0.380. The molecule has 1 rings (SSSR count). The van der Waals surface area contributed by atoms with Crippen LogP contribution in [-0.2, 0) is 4.79 Å². The number of aliphatic carboxylic acids is 1. The number of carboxylic acid groups (broad SMARTS) is 1. The zero-order valence-corrected chi connectivity index (χ0v) is 11.3. The van der Waals surface area contributed by atoms with Gasteiger partial charge in [0.05, 0.1) is 5.41 Å². The van der Waals surface area contributed by atoms with E-state index < -0.39 is 11.4 Å². The highest BCUT2D eigenvalue weighted by Gasteiger charge is 2.27. The molecule has 16 heavy (non-hydrogen) atoms. The molecule has 0 radical (unpaired) electrons. The summed E-state index contributed by atoms with van der Waals surface area (Å²) in [4.78, 5) is 11.8. The number of thioether (sulfide) groups is 1. The number of halogens is 2. The molecular formula is C11H12Cl2O2S. The monoisotopic (exact) mass is 278 g/mol. The van der Waals surface area contributed by atoms with Crippen LogP contribution in [0.25, 0.3) is 0 Å². The van der Waals surface area contributed by atoms with Gasteiger partial charge >= 0.3 is 5.97 Å². The van der Waals surface area contributed by atoms with E-state index in [9.17, 15) is 4.79 Å². The van der Waals surface area contributed by atoms with Crippen LogP contribution >= 0.6 is 35.0 Å². The standard InChI is InChI=1S/C11H12Cl2O2S/c1-11(2,10(14)15)6-16-9-4-7(12)3-8(13)5-9/h3-5H,6H2,1-2H3,(H,14,15). The Kier molecular flexibility index (Phi) is 4.53. The molecule has 88 valence electrons. The van der Waals surface area contributed by atoms with Crippen LogP contribution in [0.2, 0.25) is 10.0 Å². The quantitative estimate of drug-likeness (QED) is 0.839. The molecule has 1 aromatic rings. The first kappa shape index (κ1) is 13.7. The van der Waals surface area contributed by atoms with Crippen molar-refractivity contribution in [3.8, 4) is 0 Å². The highest BCUT2D eigenvalue weighted by Crippen LogP contribution is 2.31. The van der Waals surface area contributed by atoms with Gasteiger partial charge < -0.3 is 5.11 Å². The molecule has 0 saturated heterocycles. The van der Waals surface area contributed by atoms with E-state index >= 15 is 0 Å². The summed E-state index contributed by atoms with van der Waals surface area (Å²) in [5.74, 6) is -0.341. The molecule has 0 atom stereocenters. The van der Waals surface area contributed by atoms with Gasteiger partial charge in [-0.25, -0.2) is 0 Å². The number of rotatable bonds is 4. The minimum absolute atomic E-state index is 0.471. The summed E-state index contributed by atoms with van der Waals surface area (Å²) in [5, 5.41) is 10.1. The van der Waals surface area contributed by atoms with E-state index in [1.165, 1.54) is 11.8 Å². The molecule has 0 aliphatic rings.